The lowest BCUT2D eigenvalue weighted by molar-refractivity contribution is -0.118. The van der Waals surface area contributed by atoms with Crippen LogP contribution in [0.25, 0.3) is 16.7 Å². The lowest BCUT2D eigenvalue weighted by atomic mass is 9.83. The number of hydrogen-bond donors (Lipinski definition) is 4. The molecular weight excluding hydrogens is 933 g/mol. The number of aromatic carboxylic acids is 1. The molecule has 0 fully saturated rings. The van der Waals surface area contributed by atoms with Crippen LogP contribution in [-0.2, 0) is 31.6 Å². The summed E-state index contributed by atoms with van der Waals surface area (Å²) in [5.41, 5.74) is 3.89. The second-order valence-corrected chi connectivity index (χ2v) is 21.8. The normalized spacial score (nSPS) is 16.2. The predicted octanol–water partition coefficient (Wildman–Crippen LogP) is 5.49. The molecule has 9 rings (SSSR count). The quantitative estimate of drug-likeness (QED) is 0.0764. The van der Waals surface area contributed by atoms with Gasteiger partial charge in [0, 0.05) is 84.2 Å². The molecular formula is C53H49N4O11S2+. The maximum absolute atomic E-state index is 14.2. The Bertz CT molecular complexity index is 3660. The number of carboxylic acids is 1. The van der Waals surface area contributed by atoms with Crippen molar-refractivity contribution in [2.75, 3.05) is 41.9 Å². The third-order valence-corrected chi connectivity index (χ3v) is 14.8. The van der Waals surface area contributed by atoms with Gasteiger partial charge in [0.25, 0.3) is 26.1 Å². The van der Waals surface area contributed by atoms with E-state index in [9.17, 15) is 45.4 Å². The first-order valence-electron chi connectivity index (χ1n) is 22.3. The maximum atomic E-state index is 14.2. The Labute approximate surface area is 405 Å². The molecule has 0 saturated carbocycles. The summed E-state index contributed by atoms with van der Waals surface area (Å²) in [6.45, 7) is 7.70. The molecule has 0 aliphatic carbocycles. The van der Waals surface area contributed by atoms with Crippen LogP contribution in [0.2, 0.25) is 0 Å². The maximum Gasteiger partial charge on any atom is 0.336 e. The molecule has 0 saturated heterocycles. The zero-order valence-corrected chi connectivity index (χ0v) is 40.7. The van der Waals surface area contributed by atoms with Gasteiger partial charge in [-0.25, -0.2) is 9.37 Å². The summed E-state index contributed by atoms with van der Waals surface area (Å²) >= 11 is 0. The molecule has 15 nitrogen and oxygen atoms in total. The molecule has 0 atom stereocenters. The summed E-state index contributed by atoms with van der Waals surface area (Å²) in [5.74, 6) is 3.22. The van der Waals surface area contributed by atoms with E-state index in [-0.39, 0.29) is 70.3 Å². The highest BCUT2D eigenvalue weighted by Gasteiger charge is 2.38. The number of anilines is 2. The number of fused-ring (bicyclic) bond motifs is 6. The van der Waals surface area contributed by atoms with E-state index in [1.807, 2.05) is 99.8 Å². The Balaban J connectivity index is 1.18. The van der Waals surface area contributed by atoms with Gasteiger partial charge in [0.05, 0.1) is 35.0 Å². The number of para-hydroxylation sites is 1. The molecule has 4 heterocycles. The number of likely N-dealkylation sites (N-methyl/N-ethyl adjacent to an activating group) is 2. The average Bonchev–Trinajstić information content (AvgIpc) is 3.27. The van der Waals surface area contributed by atoms with Gasteiger partial charge in [0.1, 0.15) is 30.1 Å². The molecule has 17 heteroatoms. The highest BCUT2D eigenvalue weighted by molar-refractivity contribution is 7.86. The average molecular weight is 982 g/mol. The molecule has 0 spiro atoms. The van der Waals surface area contributed by atoms with Gasteiger partial charge in [-0.15, -0.1) is 0 Å². The van der Waals surface area contributed by atoms with Gasteiger partial charge in [-0.1, -0.05) is 48.2 Å². The smallest absolute Gasteiger partial charge is 0.336 e. The van der Waals surface area contributed by atoms with E-state index in [2.05, 4.69) is 17.2 Å². The lowest BCUT2D eigenvalue weighted by Crippen LogP contribution is -2.47. The Morgan fingerprint density at radius 1 is 0.757 bits per heavy atom. The van der Waals surface area contributed by atoms with Crippen LogP contribution in [0.4, 0.5) is 11.4 Å². The molecule has 0 bridgehead atoms. The monoisotopic (exact) mass is 981 g/mol. The second kappa shape index (κ2) is 17.2. The Morgan fingerprint density at radius 3 is 2.11 bits per heavy atom. The number of benzene rings is 5. The first-order valence-corrected chi connectivity index (χ1v) is 25.5. The number of carboxylic acid groups (broad SMARTS) is 1. The molecule has 358 valence electrons. The van der Waals surface area contributed by atoms with Crippen LogP contribution in [0.3, 0.4) is 0 Å². The SMILES string of the molecule is CN1c2cc3c(cc2C(CS(=O)(=O)O)=CC1(C)C)C(c1cc(C(=O)NCCC(=O)N2Cc4ccccc4C#Cc4ccccc42)ccc1C(=O)O)=c1cc2c(cc1O3)=[N+](C)C(C)(C)C=C2CS(=O)(=O)O. The molecule has 70 heavy (non-hydrogen) atoms. The third kappa shape index (κ3) is 9.02. The van der Waals surface area contributed by atoms with Gasteiger partial charge in [-0.2, -0.15) is 16.8 Å². The van der Waals surface area contributed by atoms with Crippen LogP contribution in [-0.4, -0.2) is 92.1 Å². The van der Waals surface area contributed by atoms with Crippen molar-refractivity contribution in [2.24, 2.45) is 0 Å². The van der Waals surface area contributed by atoms with Gasteiger partial charge in [-0.3, -0.25) is 18.7 Å². The van der Waals surface area contributed by atoms with Crippen molar-refractivity contribution in [3.05, 3.63) is 164 Å². The number of nitrogens with zero attached hydrogens (tertiary/aromatic N) is 3. The summed E-state index contributed by atoms with van der Waals surface area (Å²) in [6, 6.07) is 25.8. The van der Waals surface area contributed by atoms with Gasteiger partial charge in [0.2, 0.25) is 11.3 Å². The van der Waals surface area contributed by atoms with Crippen LogP contribution >= 0.6 is 0 Å². The van der Waals surface area contributed by atoms with E-state index in [1.165, 1.54) is 18.2 Å². The number of hydrogen-bond acceptors (Lipinski definition) is 9. The molecule has 4 aliphatic heterocycles. The number of carbonyl (C=O) groups excluding carboxylic acids is 2. The van der Waals surface area contributed by atoms with Gasteiger partial charge < -0.3 is 25.0 Å². The van der Waals surface area contributed by atoms with Gasteiger partial charge >= 0.3 is 5.97 Å². The standard InChI is InChI=1S/C53H48N4O11S2/c1-52(2)26-35(29-69(62,63)64)38-22-41-46(24-44(38)55(52)5)68-47-25-45-39(36(30-70(65,66)67)27-53(3,4)56(45)6)23-42(47)49(41)40-21-33(17-18-37(40)51(60)61)50(59)54-20-19-48(58)57-28-34-13-8-7-11-31(34)15-16-32-12-9-10-14-43(32)57/h7-14,17-18,21-27H,19-20,28-30H2,1-6H3,(H3-,54,59,60,61,62,63,64,65,66,67)/p+1. The fraction of sp³-hybridized carbons (Fsp3) is 0.245. The van der Waals surface area contributed by atoms with E-state index < -0.39 is 54.7 Å². The number of rotatable bonds is 10. The summed E-state index contributed by atoms with van der Waals surface area (Å²) < 4.78 is 78.8. The summed E-state index contributed by atoms with van der Waals surface area (Å²) in [6.07, 6.45) is 3.37. The van der Waals surface area contributed by atoms with E-state index >= 15 is 0 Å². The molecule has 0 radical (unpaired) electrons. The molecule has 2 amide bonds. The second-order valence-electron chi connectivity index (χ2n) is 18.9. The molecule has 0 aromatic heterocycles. The summed E-state index contributed by atoms with van der Waals surface area (Å²) in [7, 11) is -5.46. The van der Waals surface area contributed by atoms with Crippen molar-refractivity contribution in [1.82, 2.24) is 9.89 Å². The van der Waals surface area contributed by atoms with Crippen LogP contribution in [0.15, 0.2) is 103 Å². The Kier molecular flexibility index (Phi) is 11.8. The lowest BCUT2D eigenvalue weighted by Gasteiger charge is -2.41. The zero-order chi connectivity index (χ0) is 50.2. The zero-order valence-electron chi connectivity index (χ0n) is 39.1. The number of nitrogens with one attached hydrogen (secondary N) is 1. The van der Waals surface area contributed by atoms with Crippen LogP contribution in [0, 0.1) is 11.8 Å². The summed E-state index contributed by atoms with van der Waals surface area (Å²) in [4.78, 5) is 45.0. The molecule has 5 aromatic rings. The third-order valence-electron chi connectivity index (χ3n) is 13.4. The van der Waals surface area contributed by atoms with Crippen molar-refractivity contribution in [3.63, 3.8) is 0 Å². The van der Waals surface area contributed by atoms with Crippen molar-refractivity contribution in [1.29, 1.82) is 0 Å². The molecule has 5 aromatic carbocycles. The number of ether oxygens (including phenoxy) is 1. The number of carbonyl (C=O) groups is 3. The Hall–Kier alpha value is -7.36. The van der Waals surface area contributed by atoms with E-state index in [1.54, 1.807) is 41.3 Å². The molecule has 4 aliphatic rings. The minimum Gasteiger partial charge on any atom is -0.478 e. The highest BCUT2D eigenvalue weighted by Crippen LogP contribution is 2.47. The van der Waals surface area contributed by atoms with Crippen molar-refractivity contribution >= 4 is 66.1 Å². The van der Waals surface area contributed by atoms with Crippen molar-refractivity contribution in [2.45, 2.75) is 51.7 Å². The molecule has 4 N–H and O–H groups in total. The van der Waals surface area contributed by atoms with Crippen LogP contribution < -0.4 is 35.0 Å². The van der Waals surface area contributed by atoms with Gasteiger partial charge in [-0.05, 0) is 90.7 Å². The van der Waals surface area contributed by atoms with Gasteiger partial charge in [0.15, 0.2) is 5.54 Å². The number of amides is 2. The minimum absolute atomic E-state index is 0.0492. The molecule has 0 unspecified atom stereocenters. The van der Waals surface area contributed by atoms with E-state index in [4.69, 9.17) is 4.74 Å². The van der Waals surface area contributed by atoms with Crippen LogP contribution in [0.5, 0.6) is 11.5 Å². The predicted molar refractivity (Wildman–Crippen MR) is 267 cm³/mol. The first-order chi connectivity index (χ1) is 32.9. The fourth-order valence-corrected chi connectivity index (χ4v) is 10.8. The van der Waals surface area contributed by atoms with Crippen molar-refractivity contribution < 1.29 is 50.2 Å². The fourth-order valence-electron chi connectivity index (χ4n) is 9.58. The Morgan fingerprint density at radius 2 is 1.41 bits per heavy atom. The van der Waals surface area contributed by atoms with E-state index in [0.29, 0.717) is 44.2 Å². The minimum atomic E-state index is -4.55. The van der Waals surface area contributed by atoms with E-state index in [0.717, 1.165) is 11.1 Å². The summed E-state index contributed by atoms with van der Waals surface area (Å²) in [5, 5.41) is 14.5. The van der Waals surface area contributed by atoms with Crippen molar-refractivity contribution in [3.8, 4) is 23.3 Å². The first kappa shape index (κ1) is 47.7. The van der Waals surface area contributed by atoms with Crippen LogP contribution in [0.1, 0.15) is 93.8 Å². The topological polar surface area (TPSA) is 211 Å². The largest absolute Gasteiger partial charge is 0.478 e. The highest BCUT2D eigenvalue weighted by atomic mass is 32.2.